The summed E-state index contributed by atoms with van der Waals surface area (Å²) >= 11 is 0. The summed E-state index contributed by atoms with van der Waals surface area (Å²) in [5.74, 6) is 1.17. The number of aromatic nitrogens is 2. The molecule has 0 saturated carbocycles. The maximum Gasteiger partial charge on any atom is 0.569 e. The Bertz CT molecular complexity index is 320. The summed E-state index contributed by atoms with van der Waals surface area (Å²) in [6.45, 7) is 3.18. The van der Waals surface area contributed by atoms with Gasteiger partial charge < -0.3 is 14.6 Å². The van der Waals surface area contributed by atoms with Gasteiger partial charge in [0.05, 0.1) is 12.4 Å². The lowest BCUT2D eigenvalue weighted by molar-refractivity contribution is 0.451. The Morgan fingerprint density at radius 3 is 2.80 bits per heavy atom. The van der Waals surface area contributed by atoms with Crippen LogP contribution in [0.1, 0.15) is 19.8 Å². The third kappa shape index (κ3) is 2.20. The molecular weight excluding hydrogens is 193 g/mol. The SMILES string of the molecule is C[C@H]1CCCN1c1ncc(O[B]O)cn1. The highest BCUT2D eigenvalue weighted by atomic mass is 16.5. The Kier molecular flexibility index (Phi) is 3.06. The summed E-state index contributed by atoms with van der Waals surface area (Å²) in [4.78, 5) is 10.5. The highest BCUT2D eigenvalue weighted by Crippen LogP contribution is 2.22. The van der Waals surface area contributed by atoms with Crippen molar-refractivity contribution in [3.8, 4) is 5.75 Å². The van der Waals surface area contributed by atoms with Crippen molar-refractivity contribution in [3.63, 3.8) is 0 Å². The van der Waals surface area contributed by atoms with Crippen molar-refractivity contribution in [1.29, 1.82) is 0 Å². The van der Waals surface area contributed by atoms with Crippen LogP contribution in [0.4, 0.5) is 5.95 Å². The first kappa shape index (κ1) is 10.2. The van der Waals surface area contributed by atoms with Crippen LogP contribution in [0.15, 0.2) is 12.4 Å². The fraction of sp³-hybridized carbons (Fsp3) is 0.556. The van der Waals surface area contributed by atoms with Crippen LogP contribution in [0.2, 0.25) is 0 Å². The summed E-state index contributed by atoms with van der Waals surface area (Å²) in [6, 6.07) is 0.501. The Balaban J connectivity index is 2.09. The Morgan fingerprint density at radius 2 is 2.27 bits per heavy atom. The first-order chi connectivity index (χ1) is 7.31. The van der Waals surface area contributed by atoms with E-state index in [1.165, 1.54) is 12.8 Å². The zero-order valence-electron chi connectivity index (χ0n) is 8.63. The van der Waals surface area contributed by atoms with Crippen molar-refractivity contribution in [2.45, 2.75) is 25.8 Å². The molecule has 15 heavy (non-hydrogen) atoms. The van der Waals surface area contributed by atoms with Gasteiger partial charge >= 0.3 is 7.69 Å². The lowest BCUT2D eigenvalue weighted by Crippen LogP contribution is -2.28. The molecule has 1 aliphatic rings. The van der Waals surface area contributed by atoms with Gasteiger partial charge in [0, 0.05) is 12.6 Å². The second kappa shape index (κ2) is 4.48. The van der Waals surface area contributed by atoms with Gasteiger partial charge in [-0.3, -0.25) is 0 Å². The summed E-state index contributed by atoms with van der Waals surface area (Å²) in [6.07, 6.45) is 5.49. The molecule has 5 nitrogen and oxygen atoms in total. The quantitative estimate of drug-likeness (QED) is 0.724. The molecule has 1 atom stereocenters. The number of hydrogen-bond acceptors (Lipinski definition) is 5. The molecule has 1 aliphatic heterocycles. The molecular formula is C9H13BN3O2. The topological polar surface area (TPSA) is 58.5 Å². The van der Waals surface area contributed by atoms with Crippen LogP contribution in [0.5, 0.6) is 5.75 Å². The molecule has 1 fully saturated rings. The molecule has 2 rings (SSSR count). The van der Waals surface area contributed by atoms with E-state index in [2.05, 4.69) is 21.8 Å². The van der Waals surface area contributed by atoms with Crippen LogP contribution in [0, 0.1) is 0 Å². The van der Waals surface area contributed by atoms with E-state index in [1.54, 1.807) is 12.4 Å². The van der Waals surface area contributed by atoms with E-state index < -0.39 is 0 Å². The molecule has 1 N–H and O–H groups in total. The minimum atomic E-state index is 0.438. The number of hydrogen-bond donors (Lipinski definition) is 1. The lowest BCUT2D eigenvalue weighted by Gasteiger charge is -2.20. The standard InChI is InChI=1S/C9H13BN3O2/c1-7-3-2-4-13(7)9-11-5-8(6-12-9)15-10-14/h5-7,14H,2-4H2,1H3/t7-/m0/s1. The largest absolute Gasteiger partial charge is 0.569 e. The summed E-state index contributed by atoms with van der Waals surface area (Å²) < 4.78 is 4.74. The van der Waals surface area contributed by atoms with Crippen LogP contribution in [-0.4, -0.2) is 35.3 Å². The van der Waals surface area contributed by atoms with E-state index in [0.717, 1.165) is 12.5 Å². The van der Waals surface area contributed by atoms with Gasteiger partial charge in [0.15, 0.2) is 0 Å². The van der Waals surface area contributed by atoms with Crippen molar-refractivity contribution >= 4 is 13.6 Å². The fourth-order valence-electron chi connectivity index (χ4n) is 1.81. The van der Waals surface area contributed by atoms with Crippen molar-refractivity contribution < 1.29 is 9.68 Å². The molecule has 1 saturated heterocycles. The van der Waals surface area contributed by atoms with Gasteiger partial charge in [-0.05, 0) is 19.8 Å². The normalized spacial score (nSPS) is 20.4. The van der Waals surface area contributed by atoms with Gasteiger partial charge in [-0.1, -0.05) is 0 Å². The minimum absolute atomic E-state index is 0.438. The van der Waals surface area contributed by atoms with Gasteiger partial charge in [-0.15, -0.1) is 0 Å². The van der Waals surface area contributed by atoms with Crippen LogP contribution < -0.4 is 9.55 Å². The highest BCUT2D eigenvalue weighted by Gasteiger charge is 2.22. The van der Waals surface area contributed by atoms with E-state index >= 15 is 0 Å². The molecule has 1 aromatic heterocycles. The minimum Gasteiger partial charge on any atom is -0.535 e. The molecule has 0 aromatic carbocycles. The average molecular weight is 206 g/mol. The molecule has 1 aromatic rings. The molecule has 0 amide bonds. The second-order valence-electron chi connectivity index (χ2n) is 3.63. The molecule has 6 heteroatoms. The van der Waals surface area contributed by atoms with Gasteiger partial charge in [-0.25, -0.2) is 9.97 Å². The van der Waals surface area contributed by atoms with Gasteiger partial charge in [-0.2, -0.15) is 0 Å². The van der Waals surface area contributed by atoms with Crippen molar-refractivity contribution in [1.82, 2.24) is 9.97 Å². The summed E-state index contributed by atoms with van der Waals surface area (Å²) in [7, 11) is 0.622. The first-order valence-corrected chi connectivity index (χ1v) is 5.02. The smallest absolute Gasteiger partial charge is 0.535 e. The van der Waals surface area contributed by atoms with Gasteiger partial charge in [0.25, 0.3) is 0 Å². The van der Waals surface area contributed by atoms with Crippen molar-refractivity contribution in [2.24, 2.45) is 0 Å². The Hall–Kier alpha value is -1.30. The van der Waals surface area contributed by atoms with Gasteiger partial charge in [0.1, 0.15) is 5.75 Å². The number of anilines is 1. The Labute approximate surface area is 89.4 Å². The van der Waals surface area contributed by atoms with E-state index in [4.69, 9.17) is 9.68 Å². The fourth-order valence-corrected chi connectivity index (χ4v) is 1.81. The zero-order chi connectivity index (χ0) is 10.7. The third-order valence-corrected chi connectivity index (χ3v) is 2.61. The maximum atomic E-state index is 8.43. The first-order valence-electron chi connectivity index (χ1n) is 5.02. The van der Waals surface area contributed by atoms with E-state index in [-0.39, 0.29) is 0 Å². The van der Waals surface area contributed by atoms with Crippen LogP contribution in [0.25, 0.3) is 0 Å². The van der Waals surface area contributed by atoms with Crippen molar-refractivity contribution in [2.75, 3.05) is 11.4 Å². The predicted octanol–water partition coefficient (Wildman–Crippen LogP) is 0.371. The van der Waals surface area contributed by atoms with Crippen molar-refractivity contribution in [3.05, 3.63) is 12.4 Å². The monoisotopic (exact) mass is 206 g/mol. The lowest BCUT2D eigenvalue weighted by atomic mass is 10.2. The average Bonchev–Trinajstić information content (AvgIpc) is 2.66. The summed E-state index contributed by atoms with van der Waals surface area (Å²) in [5.41, 5.74) is 0. The number of rotatable bonds is 3. The zero-order valence-corrected chi connectivity index (χ0v) is 8.63. The second-order valence-corrected chi connectivity index (χ2v) is 3.63. The number of nitrogens with zero attached hydrogens (tertiary/aromatic N) is 3. The summed E-state index contributed by atoms with van der Waals surface area (Å²) in [5, 5.41) is 8.43. The van der Waals surface area contributed by atoms with E-state index in [1.807, 2.05) is 0 Å². The molecule has 0 spiro atoms. The van der Waals surface area contributed by atoms with Gasteiger partial charge in [0.2, 0.25) is 5.95 Å². The Morgan fingerprint density at radius 1 is 1.53 bits per heavy atom. The molecule has 0 aliphatic carbocycles. The third-order valence-electron chi connectivity index (χ3n) is 2.61. The molecule has 0 unspecified atom stereocenters. The van der Waals surface area contributed by atoms with Crippen LogP contribution in [0.3, 0.4) is 0 Å². The predicted molar refractivity (Wildman–Crippen MR) is 56.7 cm³/mol. The van der Waals surface area contributed by atoms with Crippen LogP contribution in [-0.2, 0) is 0 Å². The molecule has 2 heterocycles. The molecule has 79 valence electrons. The molecule has 1 radical (unpaired) electrons. The van der Waals surface area contributed by atoms with E-state index in [9.17, 15) is 0 Å². The maximum absolute atomic E-state index is 8.43. The molecule has 0 bridgehead atoms. The van der Waals surface area contributed by atoms with Crippen LogP contribution >= 0.6 is 0 Å². The van der Waals surface area contributed by atoms with E-state index in [0.29, 0.717) is 19.5 Å². The highest BCUT2D eigenvalue weighted by molar-refractivity contribution is 6.17.